The number of amides is 2. The Morgan fingerprint density at radius 1 is 1.20 bits per heavy atom. The SMILES string of the molecule is CN(C)C(=O)N1CCN(S(=O)(=O)C2CC(c3ccc(F)cc3)=CCN2)[C@@H](C(=O)O)C1. The Kier molecular flexibility index (Phi) is 6.44. The van der Waals surface area contributed by atoms with E-state index in [1.165, 1.54) is 21.9 Å². The molecule has 9 nitrogen and oxygen atoms in total. The lowest BCUT2D eigenvalue weighted by Crippen LogP contribution is -2.63. The Balaban J connectivity index is 1.80. The fourth-order valence-electron chi connectivity index (χ4n) is 3.67. The molecule has 0 aromatic heterocycles. The van der Waals surface area contributed by atoms with Gasteiger partial charge in [0.2, 0.25) is 10.0 Å². The van der Waals surface area contributed by atoms with E-state index in [1.807, 2.05) is 6.08 Å². The highest BCUT2D eigenvalue weighted by Gasteiger charge is 2.44. The molecule has 2 aliphatic heterocycles. The van der Waals surface area contributed by atoms with Crippen molar-refractivity contribution in [3.63, 3.8) is 0 Å². The van der Waals surface area contributed by atoms with E-state index in [1.54, 1.807) is 26.2 Å². The van der Waals surface area contributed by atoms with E-state index in [2.05, 4.69) is 5.32 Å². The van der Waals surface area contributed by atoms with Crippen LogP contribution in [0.1, 0.15) is 12.0 Å². The normalized spacial score (nSPS) is 23.0. The van der Waals surface area contributed by atoms with Crippen molar-refractivity contribution in [2.45, 2.75) is 17.8 Å². The van der Waals surface area contributed by atoms with E-state index >= 15 is 0 Å². The summed E-state index contributed by atoms with van der Waals surface area (Å²) >= 11 is 0. The number of carbonyl (C=O) groups excluding carboxylic acids is 1. The number of sulfonamides is 1. The van der Waals surface area contributed by atoms with Gasteiger partial charge in [-0.05, 0) is 23.3 Å². The summed E-state index contributed by atoms with van der Waals surface area (Å²) in [5, 5.41) is 11.5. The van der Waals surface area contributed by atoms with Gasteiger partial charge in [0.05, 0.1) is 0 Å². The summed E-state index contributed by atoms with van der Waals surface area (Å²) in [5.41, 5.74) is 1.46. The van der Waals surface area contributed by atoms with E-state index in [0.717, 1.165) is 9.88 Å². The van der Waals surface area contributed by atoms with Crippen LogP contribution in [-0.4, -0.2) is 91.3 Å². The van der Waals surface area contributed by atoms with Crippen LogP contribution in [0.25, 0.3) is 5.57 Å². The van der Waals surface area contributed by atoms with Gasteiger partial charge in [-0.2, -0.15) is 4.31 Å². The number of halogens is 1. The lowest BCUT2D eigenvalue weighted by atomic mass is 10.0. The minimum atomic E-state index is -4.02. The molecule has 0 saturated carbocycles. The maximum atomic E-state index is 13.3. The lowest BCUT2D eigenvalue weighted by molar-refractivity contribution is -0.142. The van der Waals surface area contributed by atoms with Crippen LogP contribution >= 0.6 is 0 Å². The Morgan fingerprint density at radius 2 is 1.87 bits per heavy atom. The van der Waals surface area contributed by atoms with Gasteiger partial charge in [-0.25, -0.2) is 17.6 Å². The molecular formula is C19H25FN4O5S. The molecule has 2 N–H and O–H groups in total. The first-order valence-electron chi connectivity index (χ1n) is 9.49. The Morgan fingerprint density at radius 3 is 2.47 bits per heavy atom. The molecule has 2 atom stereocenters. The highest BCUT2D eigenvalue weighted by Crippen LogP contribution is 2.28. The number of rotatable bonds is 4. The van der Waals surface area contributed by atoms with Crippen molar-refractivity contribution in [1.29, 1.82) is 0 Å². The number of benzene rings is 1. The molecule has 0 bridgehead atoms. The molecule has 164 valence electrons. The average Bonchev–Trinajstić information content (AvgIpc) is 2.73. The van der Waals surface area contributed by atoms with Crippen LogP contribution in [0.15, 0.2) is 30.3 Å². The zero-order valence-electron chi connectivity index (χ0n) is 16.8. The van der Waals surface area contributed by atoms with Crippen LogP contribution in [0.5, 0.6) is 0 Å². The second kappa shape index (κ2) is 8.70. The van der Waals surface area contributed by atoms with Crippen LogP contribution in [0.2, 0.25) is 0 Å². The molecule has 1 aromatic carbocycles. The van der Waals surface area contributed by atoms with Crippen LogP contribution in [-0.2, 0) is 14.8 Å². The van der Waals surface area contributed by atoms with Crippen molar-refractivity contribution in [3.05, 3.63) is 41.7 Å². The first-order valence-corrected chi connectivity index (χ1v) is 11.0. The fraction of sp³-hybridized carbons (Fsp3) is 0.474. The molecule has 0 spiro atoms. The molecule has 3 rings (SSSR count). The van der Waals surface area contributed by atoms with Gasteiger partial charge in [0.25, 0.3) is 0 Å². The van der Waals surface area contributed by atoms with Gasteiger partial charge in [-0.15, -0.1) is 0 Å². The maximum Gasteiger partial charge on any atom is 0.323 e. The molecule has 1 saturated heterocycles. The van der Waals surface area contributed by atoms with Crippen molar-refractivity contribution >= 4 is 27.6 Å². The molecule has 1 unspecified atom stereocenters. The van der Waals surface area contributed by atoms with Crippen LogP contribution < -0.4 is 5.32 Å². The summed E-state index contributed by atoms with van der Waals surface area (Å²) in [4.78, 5) is 26.7. The third kappa shape index (κ3) is 4.47. The van der Waals surface area contributed by atoms with Crippen molar-refractivity contribution < 1.29 is 27.5 Å². The molecule has 0 aliphatic carbocycles. The second-order valence-corrected chi connectivity index (χ2v) is 9.54. The van der Waals surface area contributed by atoms with Gasteiger partial charge in [0.15, 0.2) is 0 Å². The minimum Gasteiger partial charge on any atom is -0.480 e. The standard InChI is InChI=1S/C19H25FN4O5S/c1-22(2)19(27)23-9-10-24(16(12-23)18(25)26)30(28,29)17-11-14(7-8-21-17)13-3-5-15(20)6-4-13/h3-7,16-17,21H,8-12H2,1-2H3,(H,25,26)/t16-,17?/m1/s1. The number of piperazine rings is 1. The van der Waals surface area contributed by atoms with Gasteiger partial charge < -0.3 is 14.9 Å². The van der Waals surface area contributed by atoms with Gasteiger partial charge in [-0.1, -0.05) is 18.2 Å². The Bertz CT molecular complexity index is 948. The summed E-state index contributed by atoms with van der Waals surface area (Å²) in [6.07, 6.45) is 1.96. The Labute approximate surface area is 174 Å². The molecule has 2 heterocycles. The average molecular weight is 440 g/mol. The van der Waals surface area contributed by atoms with Crippen molar-refractivity contribution in [1.82, 2.24) is 19.4 Å². The lowest BCUT2D eigenvalue weighted by Gasteiger charge is -2.41. The molecule has 11 heteroatoms. The number of aliphatic carboxylic acids is 1. The summed E-state index contributed by atoms with van der Waals surface area (Å²) in [6.45, 7) is 0.0619. The van der Waals surface area contributed by atoms with Crippen molar-refractivity contribution in [2.75, 3.05) is 40.3 Å². The van der Waals surface area contributed by atoms with Crippen molar-refractivity contribution in [2.24, 2.45) is 0 Å². The third-order valence-electron chi connectivity index (χ3n) is 5.27. The van der Waals surface area contributed by atoms with Gasteiger partial charge in [0, 0.05) is 46.7 Å². The first kappa shape index (κ1) is 22.2. The monoisotopic (exact) mass is 440 g/mol. The summed E-state index contributed by atoms with van der Waals surface area (Å²) in [7, 11) is -0.919. The molecule has 1 fully saturated rings. The smallest absolute Gasteiger partial charge is 0.323 e. The second-order valence-electron chi connectivity index (χ2n) is 7.47. The van der Waals surface area contributed by atoms with Gasteiger partial charge in [-0.3, -0.25) is 10.1 Å². The maximum absolute atomic E-state index is 13.3. The highest BCUT2D eigenvalue weighted by atomic mass is 32.2. The van der Waals surface area contributed by atoms with Crippen LogP contribution in [0.4, 0.5) is 9.18 Å². The molecule has 2 aliphatic rings. The molecule has 0 radical (unpaired) electrons. The molecule has 2 amide bonds. The van der Waals surface area contributed by atoms with E-state index in [-0.39, 0.29) is 44.4 Å². The number of hydrogen-bond acceptors (Lipinski definition) is 5. The predicted octanol–water partition coefficient (Wildman–Crippen LogP) is 0.611. The highest BCUT2D eigenvalue weighted by molar-refractivity contribution is 7.89. The minimum absolute atomic E-state index is 0.105. The van der Waals surface area contributed by atoms with E-state index < -0.39 is 27.4 Å². The van der Waals surface area contributed by atoms with Gasteiger partial charge in [0.1, 0.15) is 17.2 Å². The number of nitrogens with one attached hydrogen (secondary N) is 1. The summed E-state index contributed by atoms with van der Waals surface area (Å²) in [5.74, 6) is -1.69. The number of urea groups is 1. The molecular weight excluding hydrogens is 415 g/mol. The van der Waals surface area contributed by atoms with Crippen molar-refractivity contribution in [3.8, 4) is 0 Å². The molecule has 1 aromatic rings. The number of carboxylic acids is 1. The fourth-order valence-corrected chi connectivity index (χ4v) is 5.54. The van der Waals surface area contributed by atoms with Gasteiger partial charge >= 0.3 is 12.0 Å². The Hall–Kier alpha value is -2.50. The summed E-state index contributed by atoms with van der Waals surface area (Å²) in [6, 6.07) is 4.06. The quantitative estimate of drug-likeness (QED) is 0.710. The zero-order valence-corrected chi connectivity index (χ0v) is 17.6. The molecule has 30 heavy (non-hydrogen) atoms. The van der Waals surface area contributed by atoms with E-state index in [9.17, 15) is 27.5 Å². The largest absolute Gasteiger partial charge is 0.480 e. The zero-order chi connectivity index (χ0) is 22.1. The topological polar surface area (TPSA) is 110 Å². The summed E-state index contributed by atoms with van der Waals surface area (Å²) < 4.78 is 40.8. The first-order chi connectivity index (χ1) is 14.1. The number of carbonyl (C=O) groups is 2. The van der Waals surface area contributed by atoms with E-state index in [0.29, 0.717) is 5.56 Å². The van der Waals surface area contributed by atoms with Crippen LogP contribution in [0, 0.1) is 5.82 Å². The number of hydrogen-bond donors (Lipinski definition) is 2. The van der Waals surface area contributed by atoms with E-state index in [4.69, 9.17) is 0 Å². The number of carboxylic acid groups (broad SMARTS) is 1. The third-order valence-corrected chi connectivity index (χ3v) is 7.41. The van der Waals surface area contributed by atoms with Crippen LogP contribution in [0.3, 0.4) is 0 Å². The predicted molar refractivity (Wildman–Crippen MR) is 108 cm³/mol. The number of nitrogens with zero attached hydrogens (tertiary/aromatic N) is 3.